The number of hydrogen-bond acceptors (Lipinski definition) is 2. The molecule has 3 nitrogen and oxygen atoms in total. The monoisotopic (exact) mass is 157 g/mol. The number of hydrogen-bond donors (Lipinski definition) is 2. The van der Waals surface area contributed by atoms with Crippen LogP contribution in [0.5, 0.6) is 0 Å². The normalized spacial score (nSPS) is 31.7. The lowest BCUT2D eigenvalue weighted by atomic mass is 9.89. The molecule has 0 aromatic carbocycles. The Morgan fingerprint density at radius 2 is 2.45 bits per heavy atom. The van der Waals surface area contributed by atoms with Crippen molar-refractivity contribution in [3.8, 4) is 0 Å². The third-order valence-corrected chi connectivity index (χ3v) is 2.34. The molecular weight excluding hydrogens is 142 g/mol. The van der Waals surface area contributed by atoms with Crippen molar-refractivity contribution >= 4 is 5.97 Å². The first-order valence-corrected chi connectivity index (χ1v) is 4.22. The second-order valence-electron chi connectivity index (χ2n) is 3.06. The highest BCUT2D eigenvalue weighted by Crippen LogP contribution is 2.18. The zero-order valence-corrected chi connectivity index (χ0v) is 6.84. The fourth-order valence-corrected chi connectivity index (χ4v) is 1.68. The molecule has 1 rings (SSSR count). The van der Waals surface area contributed by atoms with Crippen LogP contribution in [0.25, 0.3) is 0 Å². The van der Waals surface area contributed by atoms with Crippen LogP contribution in [0.1, 0.15) is 26.2 Å². The molecule has 0 amide bonds. The van der Waals surface area contributed by atoms with Gasteiger partial charge in [-0.15, -0.1) is 0 Å². The molecule has 1 aliphatic rings. The largest absolute Gasteiger partial charge is 0.481 e. The van der Waals surface area contributed by atoms with E-state index in [0.717, 1.165) is 25.8 Å². The van der Waals surface area contributed by atoms with Gasteiger partial charge in [-0.25, -0.2) is 0 Å². The van der Waals surface area contributed by atoms with Gasteiger partial charge in [0.25, 0.3) is 0 Å². The molecule has 2 atom stereocenters. The number of carboxylic acid groups (broad SMARTS) is 1. The minimum absolute atomic E-state index is 0.159. The van der Waals surface area contributed by atoms with Crippen molar-refractivity contribution < 1.29 is 9.90 Å². The van der Waals surface area contributed by atoms with Crippen molar-refractivity contribution in [1.29, 1.82) is 0 Å². The maximum absolute atomic E-state index is 10.7. The van der Waals surface area contributed by atoms with Crippen molar-refractivity contribution in [3.05, 3.63) is 0 Å². The van der Waals surface area contributed by atoms with Crippen molar-refractivity contribution in [1.82, 2.24) is 5.32 Å². The van der Waals surface area contributed by atoms with Crippen LogP contribution in [-0.4, -0.2) is 23.7 Å². The van der Waals surface area contributed by atoms with E-state index in [1.807, 2.05) is 6.92 Å². The summed E-state index contributed by atoms with van der Waals surface area (Å²) in [6, 6.07) is 0.196. The van der Waals surface area contributed by atoms with Crippen LogP contribution >= 0.6 is 0 Å². The summed E-state index contributed by atoms with van der Waals surface area (Å²) in [7, 11) is 0. The van der Waals surface area contributed by atoms with Crippen molar-refractivity contribution in [2.24, 2.45) is 5.92 Å². The van der Waals surface area contributed by atoms with E-state index in [1.165, 1.54) is 0 Å². The Kier molecular flexibility index (Phi) is 2.88. The summed E-state index contributed by atoms with van der Waals surface area (Å²) in [6.07, 6.45) is 2.74. The Hall–Kier alpha value is -0.570. The number of nitrogens with one attached hydrogen (secondary N) is 1. The predicted octanol–water partition coefficient (Wildman–Crippen LogP) is 0.849. The van der Waals surface area contributed by atoms with E-state index < -0.39 is 5.97 Å². The third-order valence-electron chi connectivity index (χ3n) is 2.34. The lowest BCUT2D eigenvalue weighted by Gasteiger charge is -2.28. The van der Waals surface area contributed by atoms with Crippen LogP contribution in [-0.2, 0) is 4.79 Å². The quantitative estimate of drug-likeness (QED) is 0.624. The zero-order chi connectivity index (χ0) is 8.27. The topological polar surface area (TPSA) is 49.3 Å². The number of carboxylic acids is 1. The van der Waals surface area contributed by atoms with Crippen LogP contribution < -0.4 is 5.32 Å². The molecule has 11 heavy (non-hydrogen) atoms. The number of piperidine rings is 1. The molecule has 1 saturated heterocycles. The highest BCUT2D eigenvalue weighted by atomic mass is 16.4. The van der Waals surface area contributed by atoms with Crippen molar-refractivity contribution in [2.45, 2.75) is 32.2 Å². The third kappa shape index (κ3) is 1.93. The van der Waals surface area contributed by atoms with Crippen molar-refractivity contribution in [2.75, 3.05) is 6.54 Å². The van der Waals surface area contributed by atoms with Gasteiger partial charge in [0, 0.05) is 6.04 Å². The summed E-state index contributed by atoms with van der Waals surface area (Å²) < 4.78 is 0. The second-order valence-corrected chi connectivity index (χ2v) is 3.06. The fraction of sp³-hybridized carbons (Fsp3) is 0.875. The Labute approximate surface area is 66.8 Å². The van der Waals surface area contributed by atoms with E-state index in [4.69, 9.17) is 5.11 Å². The molecule has 0 aromatic heterocycles. The first-order chi connectivity index (χ1) is 5.25. The van der Waals surface area contributed by atoms with Gasteiger partial charge in [-0.3, -0.25) is 4.79 Å². The second kappa shape index (κ2) is 3.72. The van der Waals surface area contributed by atoms with E-state index in [2.05, 4.69) is 5.32 Å². The molecule has 0 aromatic rings. The first-order valence-electron chi connectivity index (χ1n) is 4.22. The zero-order valence-electron chi connectivity index (χ0n) is 6.84. The van der Waals surface area contributed by atoms with Gasteiger partial charge in [0.1, 0.15) is 0 Å². The molecule has 1 fully saturated rings. The van der Waals surface area contributed by atoms with Gasteiger partial charge >= 0.3 is 5.97 Å². The van der Waals surface area contributed by atoms with Crippen molar-refractivity contribution in [3.63, 3.8) is 0 Å². The lowest BCUT2D eigenvalue weighted by Crippen LogP contribution is -2.44. The van der Waals surface area contributed by atoms with Gasteiger partial charge in [-0.2, -0.15) is 0 Å². The van der Waals surface area contributed by atoms with Gasteiger partial charge in [0.05, 0.1) is 5.92 Å². The molecule has 1 heterocycles. The van der Waals surface area contributed by atoms with Gasteiger partial charge in [-0.1, -0.05) is 6.92 Å². The summed E-state index contributed by atoms with van der Waals surface area (Å²) in [4.78, 5) is 10.7. The highest BCUT2D eigenvalue weighted by Gasteiger charge is 2.28. The van der Waals surface area contributed by atoms with Gasteiger partial charge < -0.3 is 10.4 Å². The SMILES string of the molecule is CC[C@H]1NCCC[C@H]1C(=O)O. The van der Waals surface area contributed by atoms with Crippen LogP contribution in [0.15, 0.2) is 0 Å². The highest BCUT2D eigenvalue weighted by molar-refractivity contribution is 5.71. The first kappa shape index (κ1) is 8.53. The summed E-state index contributed by atoms with van der Waals surface area (Å²) in [5.74, 6) is -0.808. The number of rotatable bonds is 2. The minimum Gasteiger partial charge on any atom is -0.481 e. The number of carbonyl (C=O) groups is 1. The van der Waals surface area contributed by atoms with Crippen LogP contribution in [0.3, 0.4) is 0 Å². The van der Waals surface area contributed by atoms with Crippen LogP contribution in [0.4, 0.5) is 0 Å². The molecule has 0 spiro atoms. The van der Waals surface area contributed by atoms with E-state index in [1.54, 1.807) is 0 Å². The summed E-state index contributed by atoms with van der Waals surface area (Å²) in [6.45, 7) is 3.00. The molecule has 2 N–H and O–H groups in total. The minimum atomic E-state index is -0.649. The maximum Gasteiger partial charge on any atom is 0.308 e. The number of aliphatic carboxylic acids is 1. The summed E-state index contributed by atoms with van der Waals surface area (Å²) in [5, 5.41) is 12.0. The average molecular weight is 157 g/mol. The summed E-state index contributed by atoms with van der Waals surface area (Å²) in [5.41, 5.74) is 0. The molecule has 0 radical (unpaired) electrons. The summed E-state index contributed by atoms with van der Waals surface area (Å²) >= 11 is 0. The Bertz CT molecular complexity index is 147. The molecule has 0 saturated carbocycles. The van der Waals surface area contributed by atoms with E-state index in [9.17, 15) is 4.79 Å². The molecule has 64 valence electrons. The van der Waals surface area contributed by atoms with Gasteiger partial charge in [0.15, 0.2) is 0 Å². The van der Waals surface area contributed by atoms with Gasteiger partial charge in [0.2, 0.25) is 0 Å². The van der Waals surface area contributed by atoms with E-state index in [0.29, 0.717) is 0 Å². The van der Waals surface area contributed by atoms with Crippen LogP contribution in [0.2, 0.25) is 0 Å². The standard InChI is InChI=1S/C8H15NO2/c1-2-7-6(8(10)11)4-3-5-9-7/h6-7,9H,2-5H2,1H3,(H,10,11)/t6-,7-/m1/s1. The molecule has 0 bridgehead atoms. The van der Waals surface area contributed by atoms with Crippen LogP contribution in [0, 0.1) is 5.92 Å². The predicted molar refractivity (Wildman–Crippen MR) is 42.4 cm³/mol. The molecule has 3 heteroatoms. The Balaban J connectivity index is 2.51. The molecular formula is C8H15NO2. The molecule has 0 aliphatic carbocycles. The molecule has 0 unspecified atom stereocenters. The average Bonchev–Trinajstić information content (AvgIpc) is 2.04. The maximum atomic E-state index is 10.7. The van der Waals surface area contributed by atoms with E-state index in [-0.39, 0.29) is 12.0 Å². The Morgan fingerprint density at radius 3 is 2.91 bits per heavy atom. The smallest absolute Gasteiger partial charge is 0.308 e. The Morgan fingerprint density at radius 1 is 1.73 bits per heavy atom. The van der Waals surface area contributed by atoms with Gasteiger partial charge in [-0.05, 0) is 25.8 Å². The van der Waals surface area contributed by atoms with E-state index >= 15 is 0 Å². The lowest BCUT2D eigenvalue weighted by molar-refractivity contribution is -0.143. The molecule has 1 aliphatic heterocycles. The fourth-order valence-electron chi connectivity index (χ4n) is 1.68.